The van der Waals surface area contributed by atoms with Crippen molar-refractivity contribution in [3.8, 4) is 5.75 Å². The molecular formula is C14H18N2O2. The molecule has 4 heteroatoms. The second kappa shape index (κ2) is 5.23. The van der Waals surface area contributed by atoms with Gasteiger partial charge in [-0.15, -0.1) is 0 Å². The molecule has 0 unspecified atom stereocenters. The Balaban J connectivity index is 2.30. The third-order valence-electron chi connectivity index (χ3n) is 3.20. The largest absolute Gasteiger partial charge is 0.508 e. The summed E-state index contributed by atoms with van der Waals surface area (Å²) < 4.78 is 1.87. The Labute approximate surface area is 107 Å². The van der Waals surface area contributed by atoms with Crippen LogP contribution in [-0.4, -0.2) is 26.6 Å². The summed E-state index contributed by atoms with van der Waals surface area (Å²) in [6.07, 6.45) is 0.623. The minimum Gasteiger partial charge on any atom is -0.508 e. The lowest BCUT2D eigenvalue weighted by molar-refractivity contribution is 0.299. The molecule has 0 amide bonds. The molecule has 2 N–H and O–H groups in total. The molecule has 96 valence electrons. The summed E-state index contributed by atoms with van der Waals surface area (Å²) in [5.74, 6) is 0.286. The van der Waals surface area contributed by atoms with Crippen molar-refractivity contribution in [3.05, 3.63) is 46.8 Å². The van der Waals surface area contributed by atoms with Crippen molar-refractivity contribution in [3.63, 3.8) is 0 Å². The molecule has 18 heavy (non-hydrogen) atoms. The summed E-state index contributed by atoms with van der Waals surface area (Å²) in [7, 11) is 0. The summed E-state index contributed by atoms with van der Waals surface area (Å²) >= 11 is 0. The van der Waals surface area contributed by atoms with E-state index >= 15 is 0 Å². The molecule has 0 spiro atoms. The van der Waals surface area contributed by atoms with Gasteiger partial charge in [0.05, 0.1) is 12.2 Å². The first-order chi connectivity index (χ1) is 8.63. The molecule has 0 saturated carbocycles. The number of aryl methyl sites for hydroxylation is 1. The van der Waals surface area contributed by atoms with Crippen LogP contribution in [0.1, 0.15) is 22.5 Å². The molecular weight excluding hydrogens is 228 g/mol. The fourth-order valence-electron chi connectivity index (χ4n) is 2.17. The van der Waals surface area contributed by atoms with Crippen molar-refractivity contribution < 1.29 is 10.2 Å². The van der Waals surface area contributed by atoms with Crippen LogP contribution in [0.3, 0.4) is 0 Å². The van der Waals surface area contributed by atoms with Gasteiger partial charge in [0.25, 0.3) is 0 Å². The standard InChI is InChI=1S/C14H18N2O2/c1-10-13(7-8-17)11(2)16(15-10)9-12-5-3-4-6-14(12)18/h3-6,17-18H,7-9H2,1-2H3. The Hall–Kier alpha value is -1.81. The number of aliphatic hydroxyl groups excluding tert-OH is 1. The predicted octanol–water partition coefficient (Wildman–Crippen LogP) is 1.79. The van der Waals surface area contributed by atoms with Gasteiger partial charge < -0.3 is 10.2 Å². The SMILES string of the molecule is Cc1nn(Cc2ccccc2O)c(C)c1CCO. The molecule has 0 aliphatic carbocycles. The topological polar surface area (TPSA) is 58.3 Å². The molecule has 4 nitrogen and oxygen atoms in total. The van der Waals surface area contributed by atoms with E-state index in [2.05, 4.69) is 5.10 Å². The highest BCUT2D eigenvalue weighted by Gasteiger charge is 2.12. The molecule has 0 radical (unpaired) electrons. The third kappa shape index (κ3) is 2.38. The lowest BCUT2D eigenvalue weighted by Crippen LogP contribution is -2.04. The Morgan fingerprint density at radius 3 is 2.61 bits per heavy atom. The van der Waals surface area contributed by atoms with Crippen LogP contribution < -0.4 is 0 Å². The number of hydrogen-bond donors (Lipinski definition) is 2. The van der Waals surface area contributed by atoms with Crippen LogP contribution in [0.4, 0.5) is 0 Å². The summed E-state index contributed by atoms with van der Waals surface area (Å²) in [4.78, 5) is 0. The molecule has 0 atom stereocenters. The van der Waals surface area contributed by atoms with Crippen molar-refractivity contribution in [1.29, 1.82) is 0 Å². The summed E-state index contributed by atoms with van der Waals surface area (Å²) in [6.45, 7) is 4.61. The van der Waals surface area contributed by atoms with Crippen molar-refractivity contribution in [2.45, 2.75) is 26.8 Å². The van der Waals surface area contributed by atoms with Gasteiger partial charge in [-0.2, -0.15) is 5.10 Å². The van der Waals surface area contributed by atoms with Gasteiger partial charge in [-0.25, -0.2) is 0 Å². The van der Waals surface area contributed by atoms with Crippen LogP contribution in [0.15, 0.2) is 24.3 Å². The van der Waals surface area contributed by atoms with Gasteiger partial charge >= 0.3 is 0 Å². The fourth-order valence-corrected chi connectivity index (χ4v) is 2.17. The van der Waals surface area contributed by atoms with Crippen molar-refractivity contribution in [2.75, 3.05) is 6.61 Å². The van der Waals surface area contributed by atoms with Crippen LogP contribution in [0.5, 0.6) is 5.75 Å². The molecule has 0 fully saturated rings. The smallest absolute Gasteiger partial charge is 0.120 e. The molecule has 2 rings (SSSR count). The van der Waals surface area contributed by atoms with Gasteiger partial charge in [-0.05, 0) is 31.9 Å². The lowest BCUT2D eigenvalue weighted by atomic mass is 10.1. The average molecular weight is 246 g/mol. The Kier molecular flexibility index (Phi) is 3.67. The normalized spacial score (nSPS) is 10.8. The van der Waals surface area contributed by atoms with E-state index in [4.69, 9.17) is 5.11 Å². The monoisotopic (exact) mass is 246 g/mol. The van der Waals surface area contributed by atoms with Crippen LogP contribution >= 0.6 is 0 Å². The molecule has 1 aromatic heterocycles. The maximum Gasteiger partial charge on any atom is 0.120 e. The number of nitrogens with zero attached hydrogens (tertiary/aromatic N) is 2. The van der Waals surface area contributed by atoms with Gasteiger partial charge in [0.2, 0.25) is 0 Å². The second-order valence-electron chi connectivity index (χ2n) is 4.41. The van der Waals surface area contributed by atoms with E-state index in [1.165, 1.54) is 0 Å². The van der Waals surface area contributed by atoms with E-state index in [1.807, 2.05) is 30.7 Å². The number of phenolic OH excluding ortho intramolecular Hbond substituents is 1. The Morgan fingerprint density at radius 1 is 1.22 bits per heavy atom. The zero-order valence-corrected chi connectivity index (χ0v) is 10.7. The first-order valence-electron chi connectivity index (χ1n) is 6.04. The minimum absolute atomic E-state index is 0.129. The number of aromatic nitrogens is 2. The maximum absolute atomic E-state index is 9.76. The van der Waals surface area contributed by atoms with Crippen LogP contribution in [-0.2, 0) is 13.0 Å². The zero-order chi connectivity index (χ0) is 13.1. The zero-order valence-electron chi connectivity index (χ0n) is 10.7. The first kappa shape index (κ1) is 12.6. The number of rotatable bonds is 4. The van der Waals surface area contributed by atoms with E-state index in [-0.39, 0.29) is 12.4 Å². The van der Waals surface area contributed by atoms with Gasteiger partial charge in [0.15, 0.2) is 0 Å². The number of aromatic hydroxyl groups is 1. The van der Waals surface area contributed by atoms with E-state index < -0.39 is 0 Å². The van der Waals surface area contributed by atoms with Crippen LogP contribution in [0, 0.1) is 13.8 Å². The van der Waals surface area contributed by atoms with Crippen LogP contribution in [0.2, 0.25) is 0 Å². The van der Waals surface area contributed by atoms with Gasteiger partial charge in [0.1, 0.15) is 5.75 Å². The molecule has 0 aliphatic rings. The van der Waals surface area contributed by atoms with E-state index in [1.54, 1.807) is 12.1 Å². The number of phenols is 1. The van der Waals surface area contributed by atoms with Crippen molar-refractivity contribution in [2.24, 2.45) is 0 Å². The molecule has 1 aromatic carbocycles. The lowest BCUT2D eigenvalue weighted by Gasteiger charge is -2.07. The van der Waals surface area contributed by atoms with E-state index in [0.29, 0.717) is 13.0 Å². The number of para-hydroxylation sites is 1. The molecule has 0 saturated heterocycles. The molecule has 0 bridgehead atoms. The number of benzene rings is 1. The highest BCUT2D eigenvalue weighted by Crippen LogP contribution is 2.20. The molecule has 2 aromatic rings. The summed E-state index contributed by atoms with van der Waals surface area (Å²) in [6, 6.07) is 7.26. The fraction of sp³-hybridized carbons (Fsp3) is 0.357. The first-order valence-corrected chi connectivity index (χ1v) is 6.04. The van der Waals surface area contributed by atoms with Crippen LogP contribution in [0.25, 0.3) is 0 Å². The maximum atomic E-state index is 9.76. The van der Waals surface area contributed by atoms with Crippen molar-refractivity contribution in [1.82, 2.24) is 9.78 Å². The van der Waals surface area contributed by atoms with E-state index in [9.17, 15) is 5.11 Å². The third-order valence-corrected chi connectivity index (χ3v) is 3.20. The number of aliphatic hydroxyl groups is 1. The predicted molar refractivity (Wildman–Crippen MR) is 69.7 cm³/mol. The highest BCUT2D eigenvalue weighted by molar-refractivity contribution is 5.33. The molecule has 0 aliphatic heterocycles. The number of hydrogen-bond acceptors (Lipinski definition) is 3. The summed E-state index contributed by atoms with van der Waals surface area (Å²) in [5.41, 5.74) is 3.92. The van der Waals surface area contributed by atoms with Crippen molar-refractivity contribution >= 4 is 0 Å². The van der Waals surface area contributed by atoms with Gasteiger partial charge in [-0.3, -0.25) is 4.68 Å². The Morgan fingerprint density at radius 2 is 1.94 bits per heavy atom. The highest BCUT2D eigenvalue weighted by atomic mass is 16.3. The van der Waals surface area contributed by atoms with E-state index in [0.717, 1.165) is 22.5 Å². The quantitative estimate of drug-likeness (QED) is 0.864. The van der Waals surface area contributed by atoms with Gasteiger partial charge in [-0.1, -0.05) is 18.2 Å². The summed E-state index contributed by atoms with van der Waals surface area (Å²) in [5, 5.41) is 23.3. The minimum atomic E-state index is 0.129. The van der Waals surface area contributed by atoms with Gasteiger partial charge in [0, 0.05) is 17.9 Å². The Bertz CT molecular complexity index is 547. The second-order valence-corrected chi connectivity index (χ2v) is 4.41. The average Bonchev–Trinajstić information content (AvgIpc) is 2.60. The molecule has 1 heterocycles.